The first-order valence-corrected chi connectivity index (χ1v) is 9.87. The van der Waals surface area contributed by atoms with Gasteiger partial charge in [-0.15, -0.1) is 9.24 Å². The van der Waals surface area contributed by atoms with E-state index < -0.39 is 5.82 Å². The summed E-state index contributed by atoms with van der Waals surface area (Å²) < 4.78 is 20.5. The molecule has 3 fully saturated rings. The van der Waals surface area contributed by atoms with Gasteiger partial charge in [-0.1, -0.05) is 17.7 Å². The van der Waals surface area contributed by atoms with E-state index in [-0.39, 0.29) is 22.4 Å². The predicted molar refractivity (Wildman–Crippen MR) is 102 cm³/mol. The van der Waals surface area contributed by atoms with Crippen molar-refractivity contribution in [3.63, 3.8) is 0 Å². The fourth-order valence-corrected chi connectivity index (χ4v) is 4.83. The molecule has 3 aliphatic rings. The van der Waals surface area contributed by atoms with Gasteiger partial charge in [0.1, 0.15) is 5.82 Å². The first kappa shape index (κ1) is 17.6. The van der Waals surface area contributed by atoms with E-state index in [1.54, 1.807) is 12.1 Å². The van der Waals surface area contributed by atoms with Gasteiger partial charge in [-0.05, 0) is 55.0 Å². The van der Waals surface area contributed by atoms with E-state index in [4.69, 9.17) is 21.7 Å². The molecule has 134 valence electrons. The Kier molecular flexibility index (Phi) is 4.98. The van der Waals surface area contributed by atoms with Gasteiger partial charge in [-0.3, -0.25) is 5.41 Å². The number of allylic oxidation sites excluding steroid dienone is 1. The summed E-state index contributed by atoms with van der Waals surface area (Å²) in [6.07, 6.45) is 4.69. The average molecular weight is 381 g/mol. The lowest BCUT2D eigenvalue weighted by atomic mass is 10.00. The van der Waals surface area contributed by atoms with Crippen LogP contribution in [0.15, 0.2) is 29.1 Å². The van der Waals surface area contributed by atoms with Gasteiger partial charge >= 0.3 is 0 Å². The average Bonchev–Trinajstić information content (AvgIpc) is 3.23. The highest BCUT2D eigenvalue weighted by Crippen LogP contribution is 2.43. The molecule has 1 aromatic carbocycles. The van der Waals surface area contributed by atoms with Crippen molar-refractivity contribution in [2.24, 2.45) is 11.8 Å². The Hall–Kier alpha value is -0.800. The van der Waals surface area contributed by atoms with E-state index in [0.717, 1.165) is 36.7 Å². The lowest BCUT2D eigenvalue weighted by molar-refractivity contribution is 0.0366. The minimum atomic E-state index is -0.451. The van der Waals surface area contributed by atoms with Crippen molar-refractivity contribution in [3.8, 4) is 0 Å². The lowest BCUT2D eigenvalue weighted by Crippen LogP contribution is -2.34. The summed E-state index contributed by atoms with van der Waals surface area (Å²) >= 11 is 6.19. The second-order valence-corrected chi connectivity index (χ2v) is 8.40. The van der Waals surface area contributed by atoms with Crippen molar-refractivity contribution in [2.45, 2.75) is 37.8 Å². The van der Waals surface area contributed by atoms with Crippen LogP contribution in [0, 0.1) is 23.1 Å². The van der Waals surface area contributed by atoms with Crippen molar-refractivity contribution in [1.29, 1.82) is 5.41 Å². The van der Waals surface area contributed by atoms with Crippen molar-refractivity contribution in [2.75, 3.05) is 13.2 Å². The molecule has 1 aromatic rings. The Balaban J connectivity index is 1.56. The van der Waals surface area contributed by atoms with Crippen molar-refractivity contribution < 1.29 is 9.13 Å². The molecule has 2 N–H and O–H groups in total. The summed E-state index contributed by atoms with van der Waals surface area (Å²) in [6.45, 7) is 1.37. The summed E-state index contributed by atoms with van der Waals surface area (Å²) in [7, 11) is 2.77. The zero-order valence-electron chi connectivity index (χ0n) is 14.0. The SMILES string of the molecule is N=C(/C(CO[C@@H]1C[C@@H]2C[C@H]1CN2)=C(\P)C1CC1)c1c(F)cccc1Cl. The van der Waals surface area contributed by atoms with Crippen molar-refractivity contribution in [1.82, 2.24) is 5.32 Å². The fraction of sp³-hybridized carbons (Fsp3) is 0.526. The molecule has 2 saturated carbocycles. The van der Waals surface area contributed by atoms with Crippen LogP contribution in [0.2, 0.25) is 5.02 Å². The third kappa shape index (κ3) is 3.55. The smallest absolute Gasteiger partial charge is 0.134 e. The molecule has 3 nitrogen and oxygen atoms in total. The maximum atomic E-state index is 14.3. The van der Waals surface area contributed by atoms with Gasteiger partial charge in [0.05, 0.1) is 29.0 Å². The quantitative estimate of drug-likeness (QED) is 0.575. The number of benzene rings is 1. The summed E-state index contributed by atoms with van der Waals surface area (Å²) in [5.41, 5.74) is 1.11. The largest absolute Gasteiger partial charge is 0.373 e. The molecule has 2 aliphatic carbocycles. The molecule has 0 aromatic heterocycles. The summed E-state index contributed by atoms with van der Waals surface area (Å²) in [4.78, 5) is 0. The van der Waals surface area contributed by atoms with Crippen molar-refractivity contribution in [3.05, 3.63) is 45.5 Å². The first-order valence-electron chi connectivity index (χ1n) is 8.91. The molecule has 0 radical (unpaired) electrons. The van der Waals surface area contributed by atoms with Crippen LogP contribution in [0.25, 0.3) is 0 Å². The highest BCUT2D eigenvalue weighted by atomic mass is 35.5. The highest BCUT2D eigenvalue weighted by molar-refractivity contribution is 7.22. The van der Waals surface area contributed by atoms with Gasteiger partial charge < -0.3 is 10.1 Å². The van der Waals surface area contributed by atoms with Crippen LogP contribution in [0.3, 0.4) is 0 Å². The van der Waals surface area contributed by atoms with Gasteiger partial charge in [0.15, 0.2) is 0 Å². The van der Waals surface area contributed by atoms with Crippen LogP contribution >= 0.6 is 20.8 Å². The van der Waals surface area contributed by atoms with Crippen LogP contribution in [-0.4, -0.2) is 31.0 Å². The van der Waals surface area contributed by atoms with E-state index in [0.29, 0.717) is 24.5 Å². The second kappa shape index (κ2) is 7.08. The molecular formula is C19H23ClFN2OP. The Morgan fingerprint density at radius 2 is 2.16 bits per heavy atom. The number of hydrogen-bond acceptors (Lipinski definition) is 3. The topological polar surface area (TPSA) is 45.1 Å². The van der Waals surface area contributed by atoms with E-state index in [1.807, 2.05) is 0 Å². The molecule has 1 unspecified atom stereocenters. The fourth-order valence-electron chi connectivity index (χ4n) is 4.01. The normalized spacial score (nSPS) is 29.0. The summed E-state index contributed by atoms with van der Waals surface area (Å²) in [5, 5.41) is 13.4. The number of piperidine rings is 1. The maximum absolute atomic E-state index is 14.3. The van der Waals surface area contributed by atoms with Gasteiger partial charge in [0.25, 0.3) is 0 Å². The third-order valence-corrected chi connectivity index (χ3v) is 6.76. The maximum Gasteiger partial charge on any atom is 0.134 e. The minimum absolute atomic E-state index is 0.154. The van der Waals surface area contributed by atoms with Crippen LogP contribution in [-0.2, 0) is 4.74 Å². The van der Waals surface area contributed by atoms with Crippen molar-refractivity contribution >= 4 is 26.6 Å². The van der Waals surface area contributed by atoms with Gasteiger partial charge in [-0.2, -0.15) is 0 Å². The third-order valence-electron chi connectivity index (χ3n) is 5.62. The van der Waals surface area contributed by atoms with Gasteiger partial charge in [0.2, 0.25) is 0 Å². The molecule has 2 bridgehead atoms. The van der Waals surface area contributed by atoms with Gasteiger partial charge in [-0.25, -0.2) is 4.39 Å². The van der Waals surface area contributed by atoms with Crippen LogP contribution < -0.4 is 5.32 Å². The van der Waals surface area contributed by atoms with E-state index in [1.165, 1.54) is 12.5 Å². The number of rotatable bonds is 6. The van der Waals surface area contributed by atoms with E-state index in [9.17, 15) is 4.39 Å². The predicted octanol–water partition coefficient (Wildman–Crippen LogP) is 4.15. The Labute approximate surface area is 155 Å². The Morgan fingerprint density at radius 3 is 2.76 bits per heavy atom. The van der Waals surface area contributed by atoms with Crippen LogP contribution in [0.1, 0.15) is 31.2 Å². The second-order valence-electron chi connectivity index (χ2n) is 7.37. The molecule has 0 spiro atoms. The minimum Gasteiger partial charge on any atom is -0.373 e. The number of halogens is 2. The molecule has 1 heterocycles. The zero-order chi connectivity index (χ0) is 17.6. The van der Waals surface area contributed by atoms with Crippen LogP contribution in [0.4, 0.5) is 4.39 Å². The highest BCUT2D eigenvalue weighted by Gasteiger charge is 2.40. The zero-order valence-corrected chi connectivity index (χ0v) is 15.9. The molecule has 4 rings (SSSR count). The standard InChI is InChI=1S/C19H23ClFN2OP/c20-14-2-1-3-15(21)17(14)18(22)13(19(25)10-4-5-10)9-24-16-7-12-6-11(16)8-23-12/h1-3,10-12,16,22-23H,4-9,25H2/b19-13-,22-18?/t11-,12-,16+/m0/s1. The molecule has 6 heteroatoms. The first-order chi connectivity index (χ1) is 12.0. The Bertz CT molecular complexity index is 714. The summed E-state index contributed by atoms with van der Waals surface area (Å²) in [6, 6.07) is 5.13. The number of hydrogen-bond donors (Lipinski definition) is 2. The molecule has 1 aliphatic heterocycles. The van der Waals surface area contributed by atoms with E-state index >= 15 is 0 Å². The van der Waals surface area contributed by atoms with Gasteiger partial charge in [0, 0.05) is 18.2 Å². The number of nitrogens with one attached hydrogen (secondary N) is 2. The molecule has 25 heavy (non-hydrogen) atoms. The van der Waals surface area contributed by atoms with Crippen LogP contribution in [0.5, 0.6) is 0 Å². The van der Waals surface area contributed by atoms with E-state index in [2.05, 4.69) is 14.6 Å². The number of fused-ring (bicyclic) bond motifs is 2. The molecule has 0 amide bonds. The monoisotopic (exact) mass is 380 g/mol. The summed E-state index contributed by atoms with van der Waals surface area (Å²) in [5.74, 6) is 0.579. The lowest BCUT2D eigenvalue weighted by Gasteiger charge is -2.24. The Morgan fingerprint density at radius 1 is 1.36 bits per heavy atom. The molecule has 1 saturated heterocycles. The molecular weight excluding hydrogens is 358 g/mol. The number of ether oxygens (including phenoxy) is 1. The molecule has 4 atom stereocenters.